The van der Waals surface area contributed by atoms with Crippen molar-refractivity contribution < 1.29 is 19.4 Å². The van der Waals surface area contributed by atoms with Crippen molar-refractivity contribution in [1.29, 1.82) is 0 Å². The predicted molar refractivity (Wildman–Crippen MR) is 111 cm³/mol. The molecule has 0 amide bonds. The van der Waals surface area contributed by atoms with E-state index in [0.717, 1.165) is 48.3 Å². The van der Waals surface area contributed by atoms with Crippen molar-refractivity contribution >= 4 is 28.9 Å². The van der Waals surface area contributed by atoms with Crippen molar-refractivity contribution in [1.82, 2.24) is 0 Å². The molecule has 27 heavy (non-hydrogen) atoms. The molecule has 1 rings (SSSR count). The van der Waals surface area contributed by atoms with Gasteiger partial charge in [0.05, 0.1) is 18.9 Å². The Bertz CT molecular complexity index is 629. The summed E-state index contributed by atoms with van der Waals surface area (Å²) in [5, 5.41) is 11.6. The zero-order valence-corrected chi connectivity index (χ0v) is 17.8. The van der Waals surface area contributed by atoms with Crippen molar-refractivity contribution in [2.45, 2.75) is 46.5 Å². The highest BCUT2D eigenvalue weighted by molar-refractivity contribution is 6.55. The number of nitrogens with zero attached hydrogens (tertiary/aromatic N) is 1. The lowest BCUT2D eigenvalue weighted by molar-refractivity contribution is 0.161. The summed E-state index contributed by atoms with van der Waals surface area (Å²) >= 11 is 11.2. The van der Waals surface area contributed by atoms with E-state index in [1.54, 1.807) is 13.0 Å². The SMILES string of the molecule is CCc1cc(OCC=C(Cl)Cl)cc(C)c1OCCCCCOCC(C)=NO. The van der Waals surface area contributed by atoms with E-state index in [1.165, 1.54) is 0 Å². The summed E-state index contributed by atoms with van der Waals surface area (Å²) in [5.74, 6) is 1.71. The summed E-state index contributed by atoms with van der Waals surface area (Å²) < 4.78 is 17.3. The van der Waals surface area contributed by atoms with Gasteiger partial charge in [-0.3, -0.25) is 0 Å². The van der Waals surface area contributed by atoms with Crippen LogP contribution in [0, 0.1) is 6.92 Å². The molecule has 1 aromatic rings. The number of ether oxygens (including phenoxy) is 3. The summed E-state index contributed by atoms with van der Waals surface area (Å²) in [6.45, 7) is 7.85. The summed E-state index contributed by atoms with van der Waals surface area (Å²) in [6.07, 6.45) is 5.39. The number of hydrogen-bond acceptors (Lipinski definition) is 5. The smallest absolute Gasteiger partial charge is 0.125 e. The molecule has 0 aliphatic rings. The number of hydrogen-bond donors (Lipinski definition) is 1. The normalized spacial score (nSPS) is 11.4. The van der Waals surface area contributed by atoms with Crippen molar-refractivity contribution in [2.75, 3.05) is 26.4 Å². The minimum atomic E-state index is 0.199. The lowest BCUT2D eigenvalue weighted by Gasteiger charge is -2.15. The molecule has 0 bridgehead atoms. The van der Waals surface area contributed by atoms with E-state index in [1.807, 2.05) is 19.1 Å². The van der Waals surface area contributed by atoms with Gasteiger partial charge < -0.3 is 19.4 Å². The molecule has 0 unspecified atom stereocenters. The average Bonchev–Trinajstić information content (AvgIpc) is 2.64. The first kappa shape index (κ1) is 23.6. The zero-order valence-electron chi connectivity index (χ0n) is 16.3. The van der Waals surface area contributed by atoms with E-state index in [9.17, 15) is 0 Å². The molecule has 7 heteroatoms. The molecule has 0 saturated carbocycles. The number of unbranched alkanes of at least 4 members (excludes halogenated alkanes) is 2. The second kappa shape index (κ2) is 13.7. The lowest BCUT2D eigenvalue weighted by Crippen LogP contribution is -2.06. The number of halogens is 2. The molecule has 0 saturated heterocycles. The maximum Gasteiger partial charge on any atom is 0.125 e. The van der Waals surface area contributed by atoms with Gasteiger partial charge >= 0.3 is 0 Å². The van der Waals surface area contributed by atoms with E-state index in [4.69, 9.17) is 42.6 Å². The van der Waals surface area contributed by atoms with Crippen LogP contribution in [-0.4, -0.2) is 37.3 Å². The maximum atomic E-state index is 8.53. The maximum absolute atomic E-state index is 8.53. The van der Waals surface area contributed by atoms with Crippen LogP contribution < -0.4 is 9.47 Å². The topological polar surface area (TPSA) is 60.3 Å². The third-order valence-electron chi connectivity index (χ3n) is 3.85. The van der Waals surface area contributed by atoms with Crippen molar-refractivity contribution in [3.63, 3.8) is 0 Å². The third kappa shape index (κ3) is 9.89. The molecular formula is C20H29Cl2NO4. The van der Waals surface area contributed by atoms with Crippen molar-refractivity contribution in [2.24, 2.45) is 5.16 Å². The zero-order chi connectivity index (χ0) is 20.1. The molecule has 0 spiro atoms. The summed E-state index contributed by atoms with van der Waals surface area (Å²) in [4.78, 5) is 0. The Kier molecular flexibility index (Phi) is 12.0. The van der Waals surface area contributed by atoms with Crippen LogP contribution in [0.4, 0.5) is 0 Å². The third-order valence-corrected chi connectivity index (χ3v) is 4.16. The Balaban J connectivity index is 2.40. The standard InChI is InChI=1S/C20H29Cl2NO4/c1-4-17-13-18(26-11-8-19(21)22)12-15(2)20(17)27-10-7-5-6-9-25-14-16(3)23-24/h8,12-13,24H,4-7,9-11,14H2,1-3H3. The Morgan fingerprint density at radius 2 is 1.89 bits per heavy atom. The molecule has 1 N–H and O–H groups in total. The van der Waals surface area contributed by atoms with E-state index in [2.05, 4.69) is 12.1 Å². The highest BCUT2D eigenvalue weighted by Crippen LogP contribution is 2.30. The summed E-state index contributed by atoms with van der Waals surface area (Å²) in [5.41, 5.74) is 2.75. The van der Waals surface area contributed by atoms with Crippen LogP contribution in [-0.2, 0) is 11.2 Å². The van der Waals surface area contributed by atoms with E-state index in [-0.39, 0.29) is 4.49 Å². The van der Waals surface area contributed by atoms with Gasteiger partial charge in [-0.05, 0) is 68.9 Å². The Hall–Kier alpha value is -1.43. The van der Waals surface area contributed by atoms with Gasteiger partial charge in [-0.15, -0.1) is 0 Å². The van der Waals surface area contributed by atoms with Crippen molar-refractivity contribution in [3.8, 4) is 11.5 Å². The molecule has 0 aliphatic carbocycles. The predicted octanol–water partition coefficient (Wildman–Crippen LogP) is 5.67. The number of aryl methyl sites for hydroxylation is 2. The Morgan fingerprint density at radius 1 is 1.15 bits per heavy atom. The Morgan fingerprint density at radius 3 is 2.56 bits per heavy atom. The average molecular weight is 418 g/mol. The second-order valence-electron chi connectivity index (χ2n) is 6.18. The van der Waals surface area contributed by atoms with Crippen LogP contribution >= 0.6 is 23.2 Å². The fraction of sp³-hybridized carbons (Fsp3) is 0.550. The van der Waals surface area contributed by atoms with Crippen LogP contribution in [0.15, 0.2) is 27.9 Å². The minimum absolute atomic E-state index is 0.199. The van der Waals surface area contributed by atoms with Crippen LogP contribution in [0.25, 0.3) is 0 Å². The quantitative estimate of drug-likeness (QED) is 0.194. The molecular weight excluding hydrogens is 389 g/mol. The largest absolute Gasteiger partial charge is 0.493 e. The highest BCUT2D eigenvalue weighted by atomic mass is 35.5. The second-order valence-corrected chi connectivity index (χ2v) is 7.19. The van der Waals surface area contributed by atoms with Crippen LogP contribution in [0.3, 0.4) is 0 Å². The van der Waals surface area contributed by atoms with Gasteiger partial charge in [0.25, 0.3) is 0 Å². The molecule has 5 nitrogen and oxygen atoms in total. The number of benzene rings is 1. The minimum Gasteiger partial charge on any atom is -0.493 e. The molecule has 0 heterocycles. The van der Waals surface area contributed by atoms with Gasteiger partial charge in [0.1, 0.15) is 22.6 Å². The fourth-order valence-corrected chi connectivity index (χ4v) is 2.60. The van der Waals surface area contributed by atoms with Gasteiger partial charge in [0.15, 0.2) is 0 Å². The van der Waals surface area contributed by atoms with Gasteiger partial charge in [-0.1, -0.05) is 35.3 Å². The molecule has 1 aromatic carbocycles. The molecule has 0 fully saturated rings. The monoisotopic (exact) mass is 417 g/mol. The first-order chi connectivity index (χ1) is 13.0. The fourth-order valence-electron chi connectivity index (χ4n) is 2.47. The summed E-state index contributed by atoms with van der Waals surface area (Å²) in [6, 6.07) is 3.96. The van der Waals surface area contributed by atoms with Gasteiger partial charge in [0.2, 0.25) is 0 Å². The molecule has 0 aliphatic heterocycles. The van der Waals surface area contributed by atoms with E-state index >= 15 is 0 Å². The number of oxime groups is 1. The van der Waals surface area contributed by atoms with Gasteiger partial charge in [-0.2, -0.15) is 0 Å². The van der Waals surface area contributed by atoms with E-state index < -0.39 is 0 Å². The molecule has 0 atom stereocenters. The van der Waals surface area contributed by atoms with Crippen LogP contribution in [0.5, 0.6) is 11.5 Å². The molecule has 0 radical (unpaired) electrons. The van der Waals surface area contributed by atoms with Crippen LogP contribution in [0.2, 0.25) is 0 Å². The van der Waals surface area contributed by atoms with Crippen LogP contribution in [0.1, 0.15) is 44.2 Å². The highest BCUT2D eigenvalue weighted by Gasteiger charge is 2.09. The molecule has 0 aromatic heterocycles. The number of rotatable bonds is 13. The first-order valence-electron chi connectivity index (χ1n) is 9.13. The molecule has 152 valence electrons. The first-order valence-corrected chi connectivity index (χ1v) is 9.89. The Labute approximate surface area is 171 Å². The van der Waals surface area contributed by atoms with Crippen molar-refractivity contribution in [3.05, 3.63) is 33.8 Å². The lowest BCUT2D eigenvalue weighted by atomic mass is 10.1. The van der Waals surface area contributed by atoms with Gasteiger partial charge in [-0.25, -0.2) is 0 Å². The van der Waals surface area contributed by atoms with Gasteiger partial charge in [0, 0.05) is 6.61 Å². The summed E-state index contributed by atoms with van der Waals surface area (Å²) in [7, 11) is 0. The van der Waals surface area contributed by atoms with E-state index in [0.29, 0.717) is 32.1 Å².